The fourth-order valence-electron chi connectivity index (χ4n) is 3.27. The van der Waals surface area contributed by atoms with E-state index in [-0.39, 0.29) is 5.82 Å². The molecule has 0 saturated heterocycles. The Morgan fingerprint density at radius 3 is 2.38 bits per heavy atom. The molecule has 2 nitrogen and oxygen atoms in total. The van der Waals surface area contributed by atoms with Gasteiger partial charge in [0.1, 0.15) is 23.2 Å². The third-order valence-corrected chi connectivity index (χ3v) is 6.10. The van der Waals surface area contributed by atoms with Crippen LogP contribution >= 0.6 is 22.9 Å². The predicted molar refractivity (Wildman–Crippen MR) is 134 cm³/mol. The lowest BCUT2D eigenvalue weighted by atomic mass is 10.0. The number of nitrogens with zero attached hydrogens (tertiary/aromatic N) is 1. The highest BCUT2D eigenvalue weighted by Gasteiger charge is 2.16. The van der Waals surface area contributed by atoms with Gasteiger partial charge < -0.3 is 4.74 Å². The van der Waals surface area contributed by atoms with Gasteiger partial charge in [0.15, 0.2) is 0 Å². The molecule has 0 atom stereocenters. The van der Waals surface area contributed by atoms with Gasteiger partial charge in [0.2, 0.25) is 0 Å². The van der Waals surface area contributed by atoms with Gasteiger partial charge in [-0.2, -0.15) is 0 Å². The molecular weight excluding hydrogens is 441 g/mol. The molecule has 0 N–H and O–H groups in total. The van der Waals surface area contributed by atoms with Crippen LogP contribution in [-0.4, -0.2) is 4.98 Å². The molecule has 0 unspecified atom stereocenters. The number of benzene rings is 2. The van der Waals surface area contributed by atoms with Gasteiger partial charge >= 0.3 is 0 Å². The smallest absolute Gasteiger partial charge is 0.140 e. The average Bonchev–Trinajstić information content (AvgIpc) is 3.22. The summed E-state index contributed by atoms with van der Waals surface area (Å²) in [7, 11) is 0. The van der Waals surface area contributed by atoms with E-state index in [0.717, 1.165) is 45.1 Å². The lowest BCUT2D eigenvalue weighted by molar-refractivity contribution is 0.211. The lowest BCUT2D eigenvalue weighted by Gasteiger charge is -2.05. The second-order valence-electron chi connectivity index (χ2n) is 7.33. The molecule has 1 heterocycles. The Balaban J connectivity index is 1.94. The molecular formula is C27H27ClFNOS. The molecule has 0 bridgehead atoms. The summed E-state index contributed by atoms with van der Waals surface area (Å²) >= 11 is 7.39. The van der Waals surface area contributed by atoms with Crippen molar-refractivity contribution in [3.63, 3.8) is 0 Å². The zero-order chi connectivity index (χ0) is 22.9. The first-order valence-corrected chi connectivity index (χ1v) is 11.9. The largest absolute Gasteiger partial charge is 0.486 e. The Kier molecular flexibility index (Phi) is 8.83. The third kappa shape index (κ3) is 6.41. The van der Waals surface area contributed by atoms with E-state index < -0.39 is 0 Å². The van der Waals surface area contributed by atoms with Gasteiger partial charge in [0.05, 0.1) is 10.6 Å². The number of allylic oxidation sites excluding steroid dienone is 4. The zero-order valence-electron chi connectivity index (χ0n) is 18.6. The summed E-state index contributed by atoms with van der Waals surface area (Å²) < 4.78 is 19.5. The second-order valence-corrected chi connectivity index (χ2v) is 8.66. The Labute approximate surface area is 198 Å². The number of hydrogen-bond acceptors (Lipinski definition) is 3. The molecule has 0 saturated carbocycles. The van der Waals surface area contributed by atoms with Crippen LogP contribution in [0.5, 0.6) is 0 Å². The van der Waals surface area contributed by atoms with Crippen LogP contribution in [0.15, 0.2) is 83.6 Å². The van der Waals surface area contributed by atoms with Crippen LogP contribution in [0.3, 0.4) is 0 Å². The fraction of sp³-hybridized carbons (Fsp3) is 0.222. The molecule has 0 amide bonds. The van der Waals surface area contributed by atoms with Crippen molar-refractivity contribution in [3.05, 3.63) is 100 Å². The minimum Gasteiger partial charge on any atom is -0.486 e. The highest BCUT2D eigenvalue weighted by Crippen LogP contribution is 2.37. The molecule has 0 fully saturated rings. The molecule has 3 aromatic rings. The third-order valence-electron chi connectivity index (χ3n) is 4.90. The maximum absolute atomic E-state index is 13.5. The van der Waals surface area contributed by atoms with Crippen molar-refractivity contribution < 1.29 is 9.13 Å². The van der Waals surface area contributed by atoms with Crippen molar-refractivity contribution in [2.45, 2.75) is 40.2 Å². The van der Waals surface area contributed by atoms with Crippen molar-refractivity contribution >= 4 is 22.9 Å². The lowest BCUT2D eigenvalue weighted by Crippen LogP contribution is -1.92. The summed E-state index contributed by atoms with van der Waals surface area (Å²) in [5.74, 6) is 0.411. The normalized spacial score (nSPS) is 12.5. The van der Waals surface area contributed by atoms with Crippen LogP contribution in [0.1, 0.15) is 37.8 Å². The minimum absolute atomic E-state index is 0.264. The molecule has 5 heteroatoms. The summed E-state index contributed by atoms with van der Waals surface area (Å²) in [5.41, 5.74) is 6.63. The molecule has 0 aliphatic carbocycles. The van der Waals surface area contributed by atoms with E-state index in [9.17, 15) is 4.39 Å². The number of rotatable bonds is 9. The first-order chi connectivity index (χ1) is 15.5. The van der Waals surface area contributed by atoms with Gasteiger partial charge in [-0.15, -0.1) is 11.3 Å². The molecule has 166 valence electrons. The van der Waals surface area contributed by atoms with Crippen LogP contribution in [0.4, 0.5) is 4.39 Å². The van der Waals surface area contributed by atoms with Crippen molar-refractivity contribution in [2.24, 2.45) is 0 Å². The van der Waals surface area contributed by atoms with E-state index in [4.69, 9.17) is 21.3 Å². The van der Waals surface area contributed by atoms with Gasteiger partial charge in [0, 0.05) is 11.1 Å². The molecule has 32 heavy (non-hydrogen) atoms. The topological polar surface area (TPSA) is 22.1 Å². The highest BCUT2D eigenvalue weighted by molar-refractivity contribution is 7.15. The second kappa shape index (κ2) is 11.8. The Hall–Kier alpha value is -2.69. The average molecular weight is 468 g/mol. The summed E-state index contributed by atoms with van der Waals surface area (Å²) in [6, 6.07) is 14.9. The Bertz CT molecular complexity index is 1110. The standard InChI is InChI=1S/C27H27ClFNOS/c1-4-6-19(3)17-24(15-16-28)31-18-25-30-26(21-11-13-23(29)14-12-21)27(32-25)22-9-7-20(5-2)8-10-22/h6-17H,4-5,18H2,1-3H3/b16-15+,19-6-,24-17+. The van der Waals surface area contributed by atoms with Crippen molar-refractivity contribution in [1.82, 2.24) is 4.98 Å². The molecule has 0 radical (unpaired) electrons. The van der Waals surface area contributed by atoms with E-state index in [2.05, 4.69) is 44.2 Å². The van der Waals surface area contributed by atoms with Crippen LogP contribution in [0.25, 0.3) is 21.7 Å². The number of ether oxygens (including phenoxy) is 1. The quantitative estimate of drug-likeness (QED) is 0.232. The summed E-state index contributed by atoms with van der Waals surface area (Å²) in [5, 5.41) is 0.838. The summed E-state index contributed by atoms with van der Waals surface area (Å²) in [6.45, 7) is 6.58. The Morgan fingerprint density at radius 2 is 1.75 bits per heavy atom. The molecule has 1 aromatic heterocycles. The molecule has 0 aliphatic rings. The Morgan fingerprint density at radius 1 is 1.06 bits per heavy atom. The minimum atomic E-state index is -0.264. The van der Waals surface area contributed by atoms with Crippen LogP contribution < -0.4 is 0 Å². The van der Waals surface area contributed by atoms with Gasteiger partial charge in [0.25, 0.3) is 0 Å². The van der Waals surface area contributed by atoms with Crippen molar-refractivity contribution in [1.29, 1.82) is 0 Å². The molecule has 2 aromatic carbocycles. The van der Waals surface area contributed by atoms with Gasteiger partial charge in [-0.05, 0) is 67.3 Å². The maximum Gasteiger partial charge on any atom is 0.140 e. The fourth-order valence-corrected chi connectivity index (χ4v) is 4.40. The van der Waals surface area contributed by atoms with Crippen LogP contribution in [0.2, 0.25) is 0 Å². The van der Waals surface area contributed by atoms with E-state index in [1.165, 1.54) is 23.2 Å². The molecule has 3 rings (SSSR count). The number of aryl methyl sites for hydroxylation is 1. The first kappa shape index (κ1) is 24.0. The number of thiazole rings is 1. The monoisotopic (exact) mass is 467 g/mol. The molecule has 0 aliphatic heterocycles. The van der Waals surface area contributed by atoms with Gasteiger partial charge in [-0.25, -0.2) is 9.37 Å². The van der Waals surface area contributed by atoms with Gasteiger partial charge in [-0.3, -0.25) is 0 Å². The van der Waals surface area contributed by atoms with Crippen molar-refractivity contribution in [3.8, 4) is 21.7 Å². The SMILES string of the molecule is CC\C=C(C)/C=C(\C=C\Cl)OCc1nc(-c2ccc(F)cc2)c(-c2ccc(CC)cc2)s1. The molecule has 0 spiro atoms. The number of halogens is 2. The zero-order valence-corrected chi connectivity index (χ0v) is 20.1. The summed E-state index contributed by atoms with van der Waals surface area (Å²) in [4.78, 5) is 5.89. The summed E-state index contributed by atoms with van der Waals surface area (Å²) in [6.07, 6.45) is 7.75. The number of aromatic nitrogens is 1. The van der Waals surface area contributed by atoms with Gasteiger partial charge in [-0.1, -0.05) is 61.4 Å². The number of hydrogen-bond donors (Lipinski definition) is 0. The van der Waals surface area contributed by atoms with Crippen molar-refractivity contribution in [2.75, 3.05) is 0 Å². The maximum atomic E-state index is 13.5. The van der Waals surface area contributed by atoms with E-state index in [0.29, 0.717) is 12.4 Å². The van der Waals surface area contributed by atoms with E-state index in [1.54, 1.807) is 29.5 Å². The van der Waals surface area contributed by atoms with E-state index >= 15 is 0 Å². The van der Waals surface area contributed by atoms with Crippen LogP contribution in [-0.2, 0) is 17.8 Å². The predicted octanol–water partition coefficient (Wildman–Crippen LogP) is 8.69. The first-order valence-electron chi connectivity index (χ1n) is 10.7. The van der Waals surface area contributed by atoms with E-state index in [1.807, 2.05) is 13.0 Å². The van der Waals surface area contributed by atoms with Crippen LogP contribution in [0, 0.1) is 5.82 Å². The highest BCUT2D eigenvalue weighted by atomic mass is 35.5.